The molecule has 0 nitrogen and oxygen atoms in total. The maximum Gasteiger partial charge on any atom is 0.558 e. The molecule has 68 valence electrons. The Hall–Kier alpha value is -1.37. The van der Waals surface area contributed by atoms with E-state index in [1.54, 1.807) is 24.3 Å². The van der Waals surface area contributed by atoms with Gasteiger partial charge in [0, 0.05) is 5.56 Å². The summed E-state index contributed by atoms with van der Waals surface area (Å²) in [6.45, 7) is -3.13. The van der Waals surface area contributed by atoms with E-state index in [1.165, 1.54) is 5.82 Å². The third-order valence-corrected chi connectivity index (χ3v) is 1.43. The summed E-state index contributed by atoms with van der Waals surface area (Å²) in [5, 5.41) is 0. The lowest BCUT2D eigenvalue weighted by molar-refractivity contribution is 0.504. The molecule has 0 fully saturated rings. The predicted octanol–water partition coefficient (Wildman–Crippen LogP) is 2.73. The molecule has 1 aromatic carbocycles. The van der Waals surface area contributed by atoms with Gasteiger partial charge in [0.05, 0.1) is 0 Å². The van der Waals surface area contributed by atoms with Gasteiger partial charge < -0.3 is 12.9 Å². The zero-order valence-electron chi connectivity index (χ0n) is 7.02. The van der Waals surface area contributed by atoms with E-state index in [9.17, 15) is 12.9 Å². The Morgan fingerprint density at radius 3 is 2.08 bits per heavy atom. The third-order valence-electron chi connectivity index (χ3n) is 1.43. The number of rotatable bonds is 0. The van der Waals surface area contributed by atoms with E-state index in [4.69, 9.17) is 0 Å². The fourth-order valence-corrected chi connectivity index (χ4v) is 0.802. The number of halogens is 3. The van der Waals surface area contributed by atoms with Gasteiger partial charge in [-0.1, -0.05) is 17.7 Å². The molecule has 4 heteroatoms. The number of aryl methyl sites for hydroxylation is 1. The fourth-order valence-electron chi connectivity index (χ4n) is 0.802. The second-order valence-electron chi connectivity index (χ2n) is 2.71. The summed E-state index contributed by atoms with van der Waals surface area (Å²) in [6.07, 6.45) is 0. The van der Waals surface area contributed by atoms with Crippen LogP contribution in [-0.2, 0) is 0 Å². The topological polar surface area (TPSA) is 0 Å². The molecule has 0 atom stereocenters. The van der Waals surface area contributed by atoms with Gasteiger partial charge in [-0.05, 0) is 19.1 Å². The molecule has 0 aliphatic heterocycles. The molecule has 0 radical (unpaired) electrons. The third kappa shape index (κ3) is 3.70. The summed E-state index contributed by atoms with van der Waals surface area (Å²) < 4.78 is 35.1. The van der Waals surface area contributed by atoms with Gasteiger partial charge in [0.1, 0.15) is 0 Å². The molecule has 0 aliphatic rings. The monoisotopic (exact) mass is 183 g/mol. The smallest absolute Gasteiger partial charge is 0.438 e. The Labute approximate surface area is 74.8 Å². The number of hydrogen-bond donors (Lipinski definition) is 0. The standard InChI is InChI=1S/C9H7BF3/c1-8-2-4-9(5-3-8)6-7-10(11,12)13/h2-5H,1H3/q-1. The van der Waals surface area contributed by atoms with E-state index >= 15 is 0 Å². The quantitative estimate of drug-likeness (QED) is 0.428. The first-order chi connectivity index (χ1) is 5.97. The fraction of sp³-hybridized carbons (Fsp3) is 0.111. The Morgan fingerprint density at radius 2 is 1.62 bits per heavy atom. The minimum absolute atomic E-state index is 0.393. The molecule has 0 amide bonds. The van der Waals surface area contributed by atoms with Gasteiger partial charge in [0.25, 0.3) is 0 Å². The Kier molecular flexibility index (Phi) is 2.67. The summed E-state index contributed by atoms with van der Waals surface area (Å²) in [4.78, 5) is 0. The normalized spacial score (nSPS) is 10.5. The van der Waals surface area contributed by atoms with Crippen molar-refractivity contribution in [1.82, 2.24) is 0 Å². The summed E-state index contributed by atoms with van der Waals surface area (Å²) in [7, 11) is 0. The highest BCUT2D eigenvalue weighted by molar-refractivity contribution is 6.67. The van der Waals surface area contributed by atoms with Gasteiger partial charge in [-0.15, -0.1) is 5.92 Å². The van der Waals surface area contributed by atoms with Crippen molar-refractivity contribution in [2.45, 2.75) is 6.92 Å². The lowest BCUT2D eigenvalue weighted by Gasteiger charge is -2.02. The van der Waals surface area contributed by atoms with Crippen LogP contribution in [0.2, 0.25) is 0 Å². The van der Waals surface area contributed by atoms with Crippen molar-refractivity contribution >= 4 is 6.98 Å². The van der Waals surface area contributed by atoms with Gasteiger partial charge in [0.15, 0.2) is 0 Å². The first-order valence-electron chi connectivity index (χ1n) is 3.76. The average Bonchev–Trinajstić information content (AvgIpc) is 2.02. The molecule has 0 unspecified atom stereocenters. The van der Waals surface area contributed by atoms with E-state index in [0.29, 0.717) is 5.56 Å². The van der Waals surface area contributed by atoms with Crippen LogP contribution < -0.4 is 0 Å². The second-order valence-corrected chi connectivity index (χ2v) is 2.71. The highest BCUT2D eigenvalue weighted by Crippen LogP contribution is 2.07. The highest BCUT2D eigenvalue weighted by Gasteiger charge is 2.17. The van der Waals surface area contributed by atoms with Gasteiger partial charge in [0.2, 0.25) is 0 Å². The molecule has 0 saturated heterocycles. The van der Waals surface area contributed by atoms with E-state index in [0.717, 1.165) is 5.56 Å². The van der Waals surface area contributed by atoms with Crippen LogP contribution in [-0.4, -0.2) is 6.98 Å². The molecular formula is C9H7BF3-. The SMILES string of the molecule is Cc1ccc(C#C[B-](F)(F)F)cc1. The Morgan fingerprint density at radius 1 is 1.08 bits per heavy atom. The average molecular weight is 183 g/mol. The molecule has 0 aliphatic carbocycles. The largest absolute Gasteiger partial charge is 0.558 e. The van der Waals surface area contributed by atoms with Gasteiger partial charge in [-0.25, -0.2) is 0 Å². The van der Waals surface area contributed by atoms with Crippen LogP contribution in [0, 0.1) is 18.7 Å². The Bertz CT molecular complexity index is 340. The lowest BCUT2D eigenvalue weighted by Crippen LogP contribution is -2.10. The van der Waals surface area contributed by atoms with Crippen molar-refractivity contribution in [1.29, 1.82) is 0 Å². The maximum absolute atomic E-state index is 11.7. The summed E-state index contributed by atoms with van der Waals surface area (Å²) in [6, 6.07) is 6.61. The predicted molar refractivity (Wildman–Crippen MR) is 47.1 cm³/mol. The van der Waals surface area contributed by atoms with Crippen LogP contribution in [0.4, 0.5) is 12.9 Å². The summed E-state index contributed by atoms with van der Waals surface area (Å²) in [5.74, 6) is 3.33. The first kappa shape index (κ1) is 9.72. The van der Waals surface area contributed by atoms with Crippen LogP contribution in [0.25, 0.3) is 0 Å². The molecule has 1 aromatic rings. The van der Waals surface area contributed by atoms with E-state index in [-0.39, 0.29) is 0 Å². The summed E-state index contributed by atoms with van der Waals surface area (Å²) in [5.41, 5.74) is 1.40. The van der Waals surface area contributed by atoms with Crippen molar-refractivity contribution in [2.24, 2.45) is 0 Å². The lowest BCUT2D eigenvalue weighted by atomic mass is 9.93. The van der Waals surface area contributed by atoms with Crippen LogP contribution in [0.15, 0.2) is 24.3 Å². The highest BCUT2D eigenvalue weighted by atomic mass is 19.4. The molecule has 0 aromatic heterocycles. The molecular weight excluding hydrogens is 176 g/mol. The van der Waals surface area contributed by atoms with Crippen molar-refractivity contribution in [3.63, 3.8) is 0 Å². The molecule has 13 heavy (non-hydrogen) atoms. The van der Waals surface area contributed by atoms with Crippen LogP contribution >= 0.6 is 0 Å². The van der Waals surface area contributed by atoms with Gasteiger partial charge in [-0.3, -0.25) is 0 Å². The molecule has 0 spiro atoms. The Balaban J connectivity index is 2.85. The van der Waals surface area contributed by atoms with E-state index in [2.05, 4.69) is 5.92 Å². The molecule has 1 rings (SSSR count). The first-order valence-corrected chi connectivity index (χ1v) is 3.76. The molecule has 0 bridgehead atoms. The van der Waals surface area contributed by atoms with Crippen molar-refractivity contribution in [3.8, 4) is 11.7 Å². The summed E-state index contributed by atoms with van der Waals surface area (Å²) >= 11 is 0. The van der Waals surface area contributed by atoms with Crippen molar-refractivity contribution < 1.29 is 12.9 Å². The van der Waals surface area contributed by atoms with Gasteiger partial charge in [-0.2, -0.15) is 5.82 Å². The van der Waals surface area contributed by atoms with E-state index < -0.39 is 6.98 Å². The second kappa shape index (κ2) is 3.57. The zero-order valence-corrected chi connectivity index (χ0v) is 7.02. The van der Waals surface area contributed by atoms with Crippen LogP contribution in [0.3, 0.4) is 0 Å². The molecule has 0 heterocycles. The van der Waals surface area contributed by atoms with Crippen molar-refractivity contribution in [2.75, 3.05) is 0 Å². The molecule has 0 N–H and O–H groups in total. The maximum atomic E-state index is 11.7. The molecule has 0 saturated carbocycles. The minimum Gasteiger partial charge on any atom is -0.438 e. The van der Waals surface area contributed by atoms with E-state index in [1.807, 2.05) is 6.92 Å². The number of benzene rings is 1. The van der Waals surface area contributed by atoms with Crippen molar-refractivity contribution in [3.05, 3.63) is 35.4 Å². The van der Waals surface area contributed by atoms with Gasteiger partial charge >= 0.3 is 6.98 Å². The zero-order chi connectivity index (χ0) is 9.90. The van der Waals surface area contributed by atoms with Crippen LogP contribution in [0.5, 0.6) is 0 Å². The number of hydrogen-bond acceptors (Lipinski definition) is 0. The minimum atomic E-state index is -5.00. The van der Waals surface area contributed by atoms with Crippen LogP contribution in [0.1, 0.15) is 11.1 Å².